The highest BCUT2D eigenvalue weighted by atomic mass is 19.1. The number of aromatic nitrogens is 1. The Balaban J connectivity index is 1.48. The number of halogens is 1. The topological polar surface area (TPSA) is 78.4 Å². The van der Waals surface area contributed by atoms with Gasteiger partial charge in [0.2, 0.25) is 0 Å². The van der Waals surface area contributed by atoms with Crippen molar-refractivity contribution in [2.24, 2.45) is 10.9 Å². The van der Waals surface area contributed by atoms with Gasteiger partial charge in [-0.3, -0.25) is 14.8 Å². The average Bonchev–Trinajstić information content (AvgIpc) is 3.40. The number of benzene rings is 1. The van der Waals surface area contributed by atoms with Crippen LogP contribution in [0.5, 0.6) is 0 Å². The van der Waals surface area contributed by atoms with Crippen molar-refractivity contribution in [1.82, 2.24) is 20.9 Å². The Labute approximate surface area is 163 Å². The van der Waals surface area contributed by atoms with E-state index in [0.717, 1.165) is 30.6 Å². The maximum absolute atomic E-state index is 14.2. The first-order valence-electron chi connectivity index (χ1n) is 9.64. The molecule has 28 heavy (non-hydrogen) atoms. The third-order valence-electron chi connectivity index (χ3n) is 5.06. The molecule has 0 saturated heterocycles. The van der Waals surface area contributed by atoms with Gasteiger partial charge in [-0.2, -0.15) is 0 Å². The zero-order valence-electron chi connectivity index (χ0n) is 15.8. The van der Waals surface area contributed by atoms with Crippen molar-refractivity contribution < 1.29 is 9.18 Å². The van der Waals surface area contributed by atoms with Crippen LogP contribution in [-0.4, -0.2) is 29.9 Å². The maximum atomic E-state index is 14.2. The van der Waals surface area contributed by atoms with Crippen LogP contribution in [0, 0.1) is 18.7 Å². The fourth-order valence-electron chi connectivity index (χ4n) is 3.36. The van der Waals surface area contributed by atoms with Gasteiger partial charge >= 0.3 is 0 Å². The molecule has 1 unspecified atom stereocenters. The smallest absolute Gasteiger partial charge is 0.251 e. The lowest BCUT2D eigenvalue weighted by atomic mass is 10.0. The van der Waals surface area contributed by atoms with Crippen LogP contribution in [0.2, 0.25) is 0 Å². The predicted octanol–water partition coefficient (Wildman–Crippen LogP) is 2.46. The summed E-state index contributed by atoms with van der Waals surface area (Å²) in [7, 11) is 0. The first-order valence-corrected chi connectivity index (χ1v) is 9.64. The van der Waals surface area contributed by atoms with E-state index in [0.29, 0.717) is 29.5 Å². The third kappa shape index (κ3) is 4.30. The molecule has 1 aromatic carbocycles. The highest BCUT2D eigenvalue weighted by Gasteiger charge is 2.34. The number of rotatable bonds is 6. The number of nitrogens with zero attached hydrogens (tertiary/aromatic N) is 2. The SMILES string of the molecule is Cc1ccnc(C(NC(=O)c2ccc(F)c(CNC3=NCCN3)c2)C2CC2)c1. The number of pyridine rings is 1. The molecule has 1 amide bonds. The van der Waals surface area contributed by atoms with Crippen LogP contribution in [-0.2, 0) is 6.54 Å². The first-order chi connectivity index (χ1) is 13.6. The fourth-order valence-corrected chi connectivity index (χ4v) is 3.36. The van der Waals surface area contributed by atoms with Crippen molar-refractivity contribution in [3.63, 3.8) is 0 Å². The number of amides is 1. The van der Waals surface area contributed by atoms with Crippen LogP contribution in [0.3, 0.4) is 0 Å². The molecule has 7 heteroatoms. The largest absolute Gasteiger partial charge is 0.355 e. The Bertz CT molecular complexity index is 909. The molecular formula is C21H24FN5O. The second-order valence-corrected chi connectivity index (χ2v) is 7.36. The molecule has 1 atom stereocenters. The molecule has 1 aliphatic carbocycles. The number of nitrogens with one attached hydrogen (secondary N) is 3. The van der Waals surface area contributed by atoms with Crippen molar-refractivity contribution in [2.75, 3.05) is 13.1 Å². The zero-order chi connectivity index (χ0) is 19.5. The lowest BCUT2D eigenvalue weighted by Gasteiger charge is -2.19. The Morgan fingerprint density at radius 2 is 2.18 bits per heavy atom. The molecule has 3 N–H and O–H groups in total. The first kappa shape index (κ1) is 18.4. The van der Waals surface area contributed by atoms with Gasteiger partial charge in [-0.15, -0.1) is 0 Å². The van der Waals surface area contributed by atoms with Gasteiger partial charge in [0, 0.05) is 30.4 Å². The second-order valence-electron chi connectivity index (χ2n) is 7.36. The fraction of sp³-hybridized carbons (Fsp3) is 0.381. The molecule has 0 bridgehead atoms. The molecule has 2 heterocycles. The molecule has 1 aromatic heterocycles. The summed E-state index contributed by atoms with van der Waals surface area (Å²) < 4.78 is 14.2. The molecular weight excluding hydrogens is 357 g/mol. The van der Waals surface area contributed by atoms with E-state index in [1.807, 2.05) is 19.1 Å². The van der Waals surface area contributed by atoms with Gasteiger partial charge < -0.3 is 16.0 Å². The van der Waals surface area contributed by atoms with E-state index in [-0.39, 0.29) is 24.3 Å². The summed E-state index contributed by atoms with van der Waals surface area (Å²) in [6.45, 7) is 3.77. The minimum Gasteiger partial charge on any atom is -0.355 e. The van der Waals surface area contributed by atoms with Gasteiger partial charge in [-0.05, 0) is 61.6 Å². The molecule has 2 aromatic rings. The monoisotopic (exact) mass is 381 g/mol. The molecule has 1 saturated carbocycles. The molecule has 2 aliphatic rings. The Hall–Kier alpha value is -2.96. The number of hydrogen-bond acceptors (Lipinski definition) is 5. The molecule has 4 rings (SSSR count). The number of carbonyl (C=O) groups is 1. The summed E-state index contributed by atoms with van der Waals surface area (Å²) in [5.41, 5.74) is 2.87. The highest BCUT2D eigenvalue weighted by molar-refractivity contribution is 5.94. The van der Waals surface area contributed by atoms with E-state index in [4.69, 9.17) is 0 Å². The van der Waals surface area contributed by atoms with Crippen LogP contribution >= 0.6 is 0 Å². The van der Waals surface area contributed by atoms with Gasteiger partial charge in [-0.1, -0.05) is 0 Å². The lowest BCUT2D eigenvalue weighted by molar-refractivity contribution is 0.0930. The number of carbonyl (C=O) groups excluding carboxylic acids is 1. The predicted molar refractivity (Wildman–Crippen MR) is 105 cm³/mol. The van der Waals surface area contributed by atoms with E-state index in [2.05, 4.69) is 25.9 Å². The van der Waals surface area contributed by atoms with E-state index < -0.39 is 0 Å². The van der Waals surface area contributed by atoms with Crippen LogP contribution < -0.4 is 16.0 Å². The van der Waals surface area contributed by atoms with E-state index in [9.17, 15) is 9.18 Å². The molecule has 0 radical (unpaired) electrons. The van der Waals surface area contributed by atoms with Crippen LogP contribution in [0.25, 0.3) is 0 Å². The molecule has 1 fully saturated rings. The van der Waals surface area contributed by atoms with Gasteiger partial charge in [-0.25, -0.2) is 4.39 Å². The van der Waals surface area contributed by atoms with Crippen molar-refractivity contribution in [1.29, 1.82) is 0 Å². The minimum atomic E-state index is -0.346. The Kier molecular flexibility index (Phi) is 5.23. The lowest BCUT2D eigenvalue weighted by Crippen LogP contribution is -2.33. The quantitative estimate of drug-likeness (QED) is 0.718. The summed E-state index contributed by atoms with van der Waals surface area (Å²) in [6, 6.07) is 8.30. The highest BCUT2D eigenvalue weighted by Crippen LogP contribution is 2.40. The number of hydrogen-bond donors (Lipinski definition) is 3. The second kappa shape index (κ2) is 7.96. The van der Waals surface area contributed by atoms with Gasteiger partial charge in [0.1, 0.15) is 5.82 Å². The standard InChI is InChI=1S/C21H24FN5O/c1-13-6-7-23-18(10-13)19(14-2-3-14)27-20(28)15-4-5-17(22)16(11-15)12-26-21-24-8-9-25-21/h4-7,10-11,14,19H,2-3,8-9,12H2,1H3,(H,27,28)(H2,24,25,26). The van der Waals surface area contributed by atoms with Crippen molar-refractivity contribution >= 4 is 11.9 Å². The van der Waals surface area contributed by atoms with Crippen molar-refractivity contribution in [2.45, 2.75) is 32.4 Å². The number of guanidine groups is 1. The van der Waals surface area contributed by atoms with Crippen LogP contribution in [0.15, 0.2) is 41.5 Å². The molecule has 146 valence electrons. The summed E-state index contributed by atoms with van der Waals surface area (Å²) in [5, 5.41) is 9.25. The summed E-state index contributed by atoms with van der Waals surface area (Å²) >= 11 is 0. The minimum absolute atomic E-state index is 0.115. The number of aryl methyl sites for hydroxylation is 1. The van der Waals surface area contributed by atoms with Gasteiger partial charge in [0.05, 0.1) is 18.3 Å². The van der Waals surface area contributed by atoms with Crippen LogP contribution in [0.4, 0.5) is 4.39 Å². The molecule has 1 aliphatic heterocycles. The average molecular weight is 381 g/mol. The normalized spacial score (nSPS) is 16.9. The zero-order valence-corrected chi connectivity index (χ0v) is 15.8. The Morgan fingerprint density at radius 1 is 1.32 bits per heavy atom. The maximum Gasteiger partial charge on any atom is 0.251 e. The van der Waals surface area contributed by atoms with E-state index in [1.165, 1.54) is 12.1 Å². The van der Waals surface area contributed by atoms with Crippen molar-refractivity contribution in [3.8, 4) is 0 Å². The third-order valence-corrected chi connectivity index (χ3v) is 5.06. The van der Waals surface area contributed by atoms with Crippen LogP contribution in [0.1, 0.15) is 46.1 Å². The van der Waals surface area contributed by atoms with Crippen molar-refractivity contribution in [3.05, 3.63) is 64.7 Å². The summed E-state index contributed by atoms with van der Waals surface area (Å²) in [6.07, 6.45) is 3.93. The van der Waals surface area contributed by atoms with Gasteiger partial charge in [0.15, 0.2) is 5.96 Å². The molecule has 0 spiro atoms. The van der Waals surface area contributed by atoms with E-state index in [1.54, 1.807) is 12.3 Å². The number of aliphatic imine (C=N–C) groups is 1. The van der Waals surface area contributed by atoms with E-state index >= 15 is 0 Å². The van der Waals surface area contributed by atoms with Gasteiger partial charge in [0.25, 0.3) is 5.91 Å². The summed E-state index contributed by atoms with van der Waals surface area (Å²) in [4.78, 5) is 21.5. The molecule has 6 nitrogen and oxygen atoms in total. The Morgan fingerprint density at radius 3 is 2.89 bits per heavy atom. The summed E-state index contributed by atoms with van der Waals surface area (Å²) in [5.74, 6) is 0.513.